The monoisotopic (exact) mass is 397 g/mol. The van der Waals surface area contributed by atoms with E-state index in [0.29, 0.717) is 10.9 Å². The van der Waals surface area contributed by atoms with Crippen LogP contribution in [0.25, 0.3) is 10.9 Å². The van der Waals surface area contributed by atoms with Crippen molar-refractivity contribution in [3.63, 3.8) is 0 Å². The fraction of sp³-hybridized carbons (Fsp3) is 0.467. The molecule has 0 N–H and O–H groups in total. The minimum atomic E-state index is -5.83. The van der Waals surface area contributed by atoms with Gasteiger partial charge >= 0.3 is 15.6 Å². The van der Waals surface area contributed by atoms with Gasteiger partial charge in [0.2, 0.25) is 4.90 Å². The number of rotatable bonds is 6. The van der Waals surface area contributed by atoms with Crippen molar-refractivity contribution in [3.8, 4) is 5.75 Å². The summed E-state index contributed by atoms with van der Waals surface area (Å²) in [4.78, 5) is -0.0761. The zero-order valence-corrected chi connectivity index (χ0v) is 15.5. The number of hydrogen-bond acceptors (Lipinski definition) is 4. The quantitative estimate of drug-likeness (QED) is 0.420. The highest BCUT2D eigenvalue weighted by molar-refractivity contribution is 7.91. The Hall–Kier alpha value is -1.39. The van der Waals surface area contributed by atoms with Gasteiger partial charge in [0.05, 0.1) is 10.9 Å². The summed E-state index contributed by atoms with van der Waals surface area (Å²) in [5, 5.41) is 0.402. The van der Waals surface area contributed by atoms with Gasteiger partial charge in [-0.25, -0.2) is 0 Å². The Morgan fingerprint density at radius 1 is 1.32 bits per heavy atom. The first-order valence-electron chi connectivity index (χ1n) is 7.47. The Morgan fingerprint density at radius 3 is 2.48 bits per heavy atom. The third kappa shape index (κ3) is 3.90. The number of halogens is 3. The number of aromatic nitrogens is 1. The summed E-state index contributed by atoms with van der Waals surface area (Å²) in [7, 11) is -5.83. The molecule has 2 unspecified atom stereocenters. The van der Waals surface area contributed by atoms with E-state index in [1.165, 1.54) is 12.3 Å². The molecule has 0 radical (unpaired) electrons. The maximum absolute atomic E-state index is 12.6. The van der Waals surface area contributed by atoms with Gasteiger partial charge < -0.3 is 13.3 Å². The van der Waals surface area contributed by atoms with Crippen LogP contribution in [-0.2, 0) is 21.3 Å². The van der Waals surface area contributed by atoms with E-state index < -0.39 is 32.6 Å². The van der Waals surface area contributed by atoms with Crippen LogP contribution in [0.5, 0.6) is 5.75 Å². The zero-order chi connectivity index (χ0) is 19.0. The first-order valence-corrected chi connectivity index (χ1v) is 10.4. The highest BCUT2D eigenvalue weighted by Crippen LogP contribution is 2.37. The van der Waals surface area contributed by atoms with E-state index in [2.05, 4.69) is 4.18 Å². The van der Waals surface area contributed by atoms with Crippen LogP contribution in [-0.4, -0.2) is 29.3 Å². The van der Waals surface area contributed by atoms with Crippen molar-refractivity contribution in [2.75, 3.05) is 6.26 Å². The third-order valence-electron chi connectivity index (χ3n) is 3.77. The highest BCUT2D eigenvalue weighted by atomic mass is 32.2. The minimum absolute atomic E-state index is 0.0761. The molecule has 10 heteroatoms. The fourth-order valence-electron chi connectivity index (χ4n) is 2.66. The Morgan fingerprint density at radius 2 is 1.96 bits per heavy atom. The number of fused-ring (bicyclic) bond motifs is 1. The molecule has 1 aromatic carbocycles. The van der Waals surface area contributed by atoms with Crippen molar-refractivity contribution in [2.45, 2.75) is 43.1 Å². The molecule has 0 aliphatic carbocycles. The summed E-state index contributed by atoms with van der Waals surface area (Å²) >= 11 is -1.75. The molecule has 0 spiro atoms. The first-order chi connectivity index (χ1) is 11.5. The summed E-state index contributed by atoms with van der Waals surface area (Å²) in [5.74, 6) is -0.577. The van der Waals surface area contributed by atoms with Crippen molar-refractivity contribution in [1.29, 1.82) is 0 Å². The molecule has 0 fully saturated rings. The van der Waals surface area contributed by atoms with Crippen molar-refractivity contribution < 1.29 is 30.3 Å². The molecular weight excluding hydrogens is 379 g/mol. The number of nitrogens with zero attached hydrogens (tertiary/aromatic N) is 1. The van der Waals surface area contributed by atoms with Crippen LogP contribution in [0.3, 0.4) is 0 Å². The molecule has 1 heterocycles. The minimum Gasteiger partial charge on any atom is -0.612 e. The third-order valence-corrected chi connectivity index (χ3v) is 5.73. The average Bonchev–Trinajstić information content (AvgIpc) is 2.89. The van der Waals surface area contributed by atoms with E-state index in [-0.39, 0.29) is 10.9 Å². The van der Waals surface area contributed by atoms with Gasteiger partial charge in [-0.2, -0.15) is 21.6 Å². The molecule has 2 rings (SSSR count). The van der Waals surface area contributed by atoms with Gasteiger partial charge in [-0.1, -0.05) is 13.3 Å². The normalized spacial score (nSPS) is 15.3. The second-order valence-corrected chi connectivity index (χ2v) is 8.48. The molecule has 140 valence electrons. The summed E-state index contributed by atoms with van der Waals surface area (Å²) in [6.07, 6.45) is 4.82. The van der Waals surface area contributed by atoms with Gasteiger partial charge in [0.15, 0.2) is 5.75 Å². The molecule has 0 saturated heterocycles. The van der Waals surface area contributed by atoms with Crippen molar-refractivity contribution in [1.82, 2.24) is 4.57 Å². The lowest BCUT2D eigenvalue weighted by Crippen LogP contribution is -2.28. The lowest BCUT2D eigenvalue weighted by Gasteiger charge is -2.16. The standard InChI is InChI=1S/C15H18F3NO4S2/c1-4-5-10(2)19-9-8-11-12(19)6-7-13(14(11)24(3)20)23-25(21,22)15(16,17)18/h6-10H,4-5H2,1-3H3. The van der Waals surface area contributed by atoms with Crippen molar-refractivity contribution in [3.05, 3.63) is 24.4 Å². The lowest BCUT2D eigenvalue weighted by atomic mass is 10.2. The largest absolute Gasteiger partial charge is 0.612 e. The SMILES string of the molecule is CCCC(C)n1ccc2c([S+](C)[O-])c(OS(=O)(=O)C(F)(F)F)ccc21. The molecule has 5 nitrogen and oxygen atoms in total. The van der Waals surface area contributed by atoms with Crippen LogP contribution >= 0.6 is 0 Å². The van der Waals surface area contributed by atoms with Crippen LogP contribution in [0, 0.1) is 0 Å². The Balaban J connectivity index is 2.59. The topological polar surface area (TPSA) is 71.4 Å². The highest BCUT2D eigenvalue weighted by Gasteiger charge is 2.49. The molecule has 2 aromatic rings. The molecule has 0 saturated carbocycles. The van der Waals surface area contributed by atoms with E-state index in [1.54, 1.807) is 12.3 Å². The Bertz CT molecular complexity index is 860. The molecule has 0 amide bonds. The van der Waals surface area contributed by atoms with Crippen LogP contribution in [0.15, 0.2) is 29.3 Å². The molecular formula is C15H18F3NO4S2. The molecule has 25 heavy (non-hydrogen) atoms. The van der Waals surface area contributed by atoms with Crippen LogP contribution < -0.4 is 4.18 Å². The van der Waals surface area contributed by atoms with Crippen LogP contribution in [0.4, 0.5) is 13.2 Å². The predicted octanol–water partition coefficient (Wildman–Crippen LogP) is 3.97. The number of hydrogen-bond donors (Lipinski definition) is 0. The average molecular weight is 397 g/mol. The van der Waals surface area contributed by atoms with Gasteiger partial charge in [-0.05, 0) is 42.7 Å². The van der Waals surface area contributed by atoms with Crippen molar-refractivity contribution >= 4 is 32.2 Å². The summed E-state index contributed by atoms with van der Waals surface area (Å²) in [6, 6.07) is 4.31. The van der Waals surface area contributed by atoms with Gasteiger partial charge in [0, 0.05) is 12.2 Å². The molecule has 2 atom stereocenters. The molecule has 0 bridgehead atoms. The Labute approximate surface area is 147 Å². The van der Waals surface area contributed by atoms with Gasteiger partial charge in [0.1, 0.15) is 6.26 Å². The molecule has 0 aliphatic heterocycles. The first kappa shape index (κ1) is 19.9. The fourth-order valence-corrected chi connectivity index (χ4v) is 4.06. The second kappa shape index (κ2) is 7.08. The number of benzene rings is 1. The van der Waals surface area contributed by atoms with Gasteiger partial charge in [0.25, 0.3) is 0 Å². The molecule has 0 aliphatic rings. The molecule has 1 aromatic heterocycles. The second-order valence-electron chi connectivity index (χ2n) is 5.62. The summed E-state index contributed by atoms with van der Waals surface area (Å²) in [6.45, 7) is 4.02. The van der Waals surface area contributed by atoms with Gasteiger partial charge in [-0.15, -0.1) is 0 Å². The van der Waals surface area contributed by atoms with Gasteiger partial charge in [-0.3, -0.25) is 0 Å². The summed E-state index contributed by atoms with van der Waals surface area (Å²) in [5.41, 5.74) is -4.90. The van der Waals surface area contributed by atoms with Crippen LogP contribution in [0.2, 0.25) is 0 Å². The maximum Gasteiger partial charge on any atom is 0.534 e. The van der Waals surface area contributed by atoms with E-state index in [4.69, 9.17) is 0 Å². The van der Waals surface area contributed by atoms with E-state index >= 15 is 0 Å². The summed E-state index contributed by atoms with van der Waals surface area (Å²) < 4.78 is 78.5. The zero-order valence-electron chi connectivity index (χ0n) is 13.8. The van der Waals surface area contributed by atoms with Crippen LogP contribution in [0.1, 0.15) is 32.7 Å². The smallest absolute Gasteiger partial charge is 0.534 e. The lowest BCUT2D eigenvalue weighted by molar-refractivity contribution is -0.0500. The van der Waals surface area contributed by atoms with E-state index in [9.17, 15) is 26.1 Å². The van der Waals surface area contributed by atoms with E-state index in [0.717, 1.165) is 18.9 Å². The number of alkyl halides is 3. The maximum atomic E-state index is 12.6. The van der Waals surface area contributed by atoms with Crippen molar-refractivity contribution in [2.24, 2.45) is 0 Å². The van der Waals surface area contributed by atoms with E-state index in [1.807, 2.05) is 18.4 Å². The Kier molecular flexibility index (Phi) is 5.65. The predicted molar refractivity (Wildman–Crippen MR) is 89.5 cm³/mol.